The number of aryl methyl sites for hydroxylation is 2. The molecule has 3 rings (SSSR count). The molecule has 0 aliphatic heterocycles. The molecule has 0 fully saturated rings. The van der Waals surface area contributed by atoms with Crippen molar-refractivity contribution in [2.45, 2.75) is 26.7 Å². The number of H-pyrrole nitrogens is 1. The average molecular weight is 342 g/mol. The first-order valence-electron chi connectivity index (χ1n) is 8.05. The number of nitrogens with zero attached hydrogens (tertiary/aromatic N) is 2. The lowest BCUT2D eigenvalue weighted by Gasteiger charge is -2.06. The molecule has 0 spiro atoms. The van der Waals surface area contributed by atoms with Crippen molar-refractivity contribution < 1.29 is 13.7 Å². The molecule has 0 aliphatic carbocycles. The van der Waals surface area contributed by atoms with Crippen molar-refractivity contribution in [3.8, 4) is 11.3 Å². The van der Waals surface area contributed by atoms with Crippen LogP contribution >= 0.6 is 0 Å². The van der Waals surface area contributed by atoms with Crippen LogP contribution in [0.1, 0.15) is 33.8 Å². The lowest BCUT2D eigenvalue weighted by atomic mass is 10.1. The lowest BCUT2D eigenvalue weighted by molar-refractivity contribution is 0.0954. The Hall–Kier alpha value is -2.96. The van der Waals surface area contributed by atoms with E-state index in [1.54, 1.807) is 12.1 Å². The van der Waals surface area contributed by atoms with E-state index in [4.69, 9.17) is 4.52 Å². The second-order valence-electron chi connectivity index (χ2n) is 5.83. The van der Waals surface area contributed by atoms with Crippen LogP contribution in [-0.2, 0) is 6.42 Å². The molecule has 130 valence electrons. The van der Waals surface area contributed by atoms with E-state index >= 15 is 0 Å². The molecular formula is C18H19FN4O2. The normalized spacial score (nSPS) is 10.8. The molecule has 2 aromatic heterocycles. The van der Waals surface area contributed by atoms with Gasteiger partial charge in [-0.25, -0.2) is 4.39 Å². The van der Waals surface area contributed by atoms with Crippen LogP contribution in [0.2, 0.25) is 0 Å². The van der Waals surface area contributed by atoms with Crippen LogP contribution in [0, 0.1) is 19.7 Å². The molecule has 6 nitrogen and oxygen atoms in total. The highest BCUT2D eigenvalue weighted by molar-refractivity contribution is 5.99. The highest BCUT2D eigenvalue weighted by Gasteiger charge is 2.15. The molecule has 2 N–H and O–H groups in total. The van der Waals surface area contributed by atoms with Crippen molar-refractivity contribution in [1.82, 2.24) is 20.7 Å². The van der Waals surface area contributed by atoms with E-state index in [0.29, 0.717) is 23.4 Å². The molecule has 0 saturated heterocycles. The number of nitrogens with one attached hydrogen (secondary N) is 2. The van der Waals surface area contributed by atoms with Gasteiger partial charge in [0.25, 0.3) is 5.91 Å². The van der Waals surface area contributed by atoms with Crippen LogP contribution in [0.4, 0.5) is 4.39 Å². The van der Waals surface area contributed by atoms with Gasteiger partial charge in [0.15, 0.2) is 0 Å². The number of benzene rings is 1. The fourth-order valence-corrected chi connectivity index (χ4v) is 2.74. The van der Waals surface area contributed by atoms with Gasteiger partial charge in [-0.05, 0) is 38.8 Å². The van der Waals surface area contributed by atoms with Crippen LogP contribution in [0.5, 0.6) is 0 Å². The van der Waals surface area contributed by atoms with Gasteiger partial charge in [-0.2, -0.15) is 5.10 Å². The number of rotatable bonds is 6. The number of halogens is 1. The fraction of sp³-hybridized carbons (Fsp3) is 0.278. The van der Waals surface area contributed by atoms with Crippen LogP contribution in [-0.4, -0.2) is 27.8 Å². The van der Waals surface area contributed by atoms with E-state index in [9.17, 15) is 9.18 Å². The van der Waals surface area contributed by atoms with Crippen molar-refractivity contribution in [2.24, 2.45) is 0 Å². The van der Waals surface area contributed by atoms with Gasteiger partial charge in [0.1, 0.15) is 11.6 Å². The third kappa shape index (κ3) is 3.76. The van der Waals surface area contributed by atoms with Crippen LogP contribution in [0.15, 0.2) is 35.0 Å². The molecule has 0 bridgehead atoms. The Kier molecular flexibility index (Phi) is 4.92. The second-order valence-corrected chi connectivity index (χ2v) is 5.83. The monoisotopic (exact) mass is 342 g/mol. The molecule has 1 amide bonds. The standard InChI is InChI=1S/C18H19FN4O2/c1-11-15(12(2)25-23-11)7-4-8-20-18(24)16-10-21-22-17(16)13-5-3-6-14(19)9-13/h3,5-6,9-10H,4,7-8H2,1-2H3,(H,20,24)(H,21,22). The average Bonchev–Trinajstić information content (AvgIpc) is 3.20. The smallest absolute Gasteiger partial charge is 0.255 e. The van der Waals surface area contributed by atoms with E-state index in [0.717, 1.165) is 29.9 Å². The van der Waals surface area contributed by atoms with Gasteiger partial charge in [0, 0.05) is 17.7 Å². The molecule has 0 aliphatic rings. The predicted molar refractivity (Wildman–Crippen MR) is 90.6 cm³/mol. The third-order valence-electron chi connectivity index (χ3n) is 4.07. The zero-order valence-corrected chi connectivity index (χ0v) is 14.1. The molecule has 3 aromatic rings. The summed E-state index contributed by atoms with van der Waals surface area (Å²) in [4.78, 5) is 12.4. The molecular weight excluding hydrogens is 323 g/mol. The maximum absolute atomic E-state index is 13.4. The molecule has 7 heteroatoms. The SMILES string of the molecule is Cc1noc(C)c1CCCNC(=O)c1cn[nH]c1-c1cccc(F)c1. The number of hydrogen-bond acceptors (Lipinski definition) is 4. The van der Waals surface area contributed by atoms with Crippen LogP contribution < -0.4 is 5.32 Å². The van der Waals surface area contributed by atoms with Crippen molar-refractivity contribution in [3.63, 3.8) is 0 Å². The molecule has 1 aromatic carbocycles. The highest BCUT2D eigenvalue weighted by Crippen LogP contribution is 2.21. The quantitative estimate of drug-likeness (QED) is 0.674. The van der Waals surface area contributed by atoms with Crippen molar-refractivity contribution in [1.29, 1.82) is 0 Å². The van der Waals surface area contributed by atoms with Crippen LogP contribution in [0.25, 0.3) is 11.3 Å². The minimum absolute atomic E-state index is 0.244. The van der Waals surface area contributed by atoms with E-state index in [2.05, 4.69) is 20.7 Å². The summed E-state index contributed by atoms with van der Waals surface area (Å²) >= 11 is 0. The van der Waals surface area contributed by atoms with Crippen LogP contribution in [0.3, 0.4) is 0 Å². The molecule has 25 heavy (non-hydrogen) atoms. The summed E-state index contributed by atoms with van der Waals surface area (Å²) in [5, 5.41) is 13.5. The number of hydrogen-bond donors (Lipinski definition) is 2. The Labute approximate surface area is 144 Å². The van der Waals surface area contributed by atoms with E-state index in [1.807, 2.05) is 13.8 Å². The Morgan fingerprint density at radius 1 is 1.36 bits per heavy atom. The third-order valence-corrected chi connectivity index (χ3v) is 4.07. The summed E-state index contributed by atoms with van der Waals surface area (Å²) in [5.41, 5.74) is 3.44. The molecule has 0 atom stereocenters. The first kappa shape index (κ1) is 16.9. The fourth-order valence-electron chi connectivity index (χ4n) is 2.74. The van der Waals surface area contributed by atoms with Gasteiger partial charge >= 0.3 is 0 Å². The van der Waals surface area contributed by atoms with Gasteiger partial charge in [-0.15, -0.1) is 0 Å². The predicted octanol–water partition coefficient (Wildman–Crippen LogP) is 3.18. The van der Waals surface area contributed by atoms with E-state index in [1.165, 1.54) is 18.3 Å². The molecule has 0 saturated carbocycles. The Bertz CT molecular complexity index is 865. The van der Waals surface area contributed by atoms with Crippen molar-refractivity contribution >= 4 is 5.91 Å². The van der Waals surface area contributed by atoms with Gasteiger partial charge in [0.2, 0.25) is 0 Å². The Balaban J connectivity index is 1.60. The zero-order chi connectivity index (χ0) is 17.8. The van der Waals surface area contributed by atoms with Gasteiger partial charge in [-0.1, -0.05) is 17.3 Å². The summed E-state index contributed by atoms with van der Waals surface area (Å²) < 4.78 is 18.5. The summed E-state index contributed by atoms with van der Waals surface area (Å²) in [7, 11) is 0. The van der Waals surface area contributed by atoms with Crippen molar-refractivity contribution in [3.05, 3.63) is 58.9 Å². The Morgan fingerprint density at radius 3 is 2.92 bits per heavy atom. The summed E-state index contributed by atoms with van der Waals surface area (Å²) in [6, 6.07) is 6.04. The molecule has 0 radical (unpaired) electrons. The topological polar surface area (TPSA) is 83.8 Å². The number of amides is 1. The molecule has 2 heterocycles. The summed E-state index contributed by atoms with van der Waals surface area (Å²) in [6.45, 7) is 4.29. The van der Waals surface area contributed by atoms with E-state index < -0.39 is 0 Å². The second kappa shape index (κ2) is 7.29. The van der Waals surface area contributed by atoms with Gasteiger partial charge in [0.05, 0.1) is 23.1 Å². The zero-order valence-electron chi connectivity index (χ0n) is 14.1. The number of aromatic nitrogens is 3. The lowest BCUT2D eigenvalue weighted by Crippen LogP contribution is -2.25. The first-order valence-corrected chi connectivity index (χ1v) is 8.05. The maximum Gasteiger partial charge on any atom is 0.255 e. The largest absolute Gasteiger partial charge is 0.361 e. The van der Waals surface area contributed by atoms with Gasteiger partial charge in [-0.3, -0.25) is 9.89 Å². The first-order chi connectivity index (χ1) is 12.1. The summed E-state index contributed by atoms with van der Waals surface area (Å²) in [5.74, 6) is 0.205. The Morgan fingerprint density at radius 2 is 2.20 bits per heavy atom. The maximum atomic E-state index is 13.4. The van der Waals surface area contributed by atoms with Crippen molar-refractivity contribution in [2.75, 3.05) is 6.54 Å². The number of carbonyl (C=O) groups is 1. The number of aromatic amines is 1. The van der Waals surface area contributed by atoms with E-state index in [-0.39, 0.29) is 11.7 Å². The summed E-state index contributed by atoms with van der Waals surface area (Å²) in [6.07, 6.45) is 3.00. The number of carbonyl (C=O) groups excluding carboxylic acids is 1. The van der Waals surface area contributed by atoms with Gasteiger partial charge < -0.3 is 9.84 Å². The minimum atomic E-state index is -0.363. The minimum Gasteiger partial charge on any atom is -0.361 e. The molecule has 0 unspecified atom stereocenters. The highest BCUT2D eigenvalue weighted by atomic mass is 19.1.